The molecule has 5 nitrogen and oxygen atoms in total. The van der Waals surface area contributed by atoms with Crippen molar-refractivity contribution in [1.82, 2.24) is 0 Å². The van der Waals surface area contributed by atoms with Gasteiger partial charge in [0.25, 0.3) is 5.97 Å². The van der Waals surface area contributed by atoms with Crippen LogP contribution in [-0.4, -0.2) is 40.0 Å². The Morgan fingerprint density at radius 3 is 1.46 bits per heavy atom. The Bertz CT molecular complexity index is 68.9. The molecule has 0 radical (unpaired) electrons. The van der Waals surface area contributed by atoms with Gasteiger partial charge in [0.15, 0.2) is 0 Å². The fourth-order valence-electron chi connectivity index (χ4n) is 0.158. The summed E-state index contributed by atoms with van der Waals surface area (Å²) in [5.74, 6) is -0.833. The molecule has 0 bridgehead atoms. The zero-order valence-corrected chi connectivity index (χ0v) is 8.58. The molecule has 0 spiro atoms. The number of aliphatic hydroxyl groups is 2. The van der Waals surface area contributed by atoms with Crippen molar-refractivity contribution in [1.29, 1.82) is 0 Å². The first-order valence-electron chi connectivity index (χ1n) is 3.97. The predicted octanol–water partition coefficient (Wildman–Crippen LogP) is 0.0436. The lowest BCUT2D eigenvalue weighted by molar-refractivity contribution is -0.134. The third-order valence-corrected chi connectivity index (χ3v) is 0.512. The van der Waals surface area contributed by atoms with Gasteiger partial charge in [0.2, 0.25) is 0 Å². The highest BCUT2D eigenvalue weighted by Gasteiger charge is 1.69. The molecular weight excluding hydrogens is 176 g/mol. The second-order valence-corrected chi connectivity index (χ2v) is 1.91. The number of carbonyl (C=O) groups is 1. The van der Waals surface area contributed by atoms with Gasteiger partial charge in [-0.2, -0.15) is 0 Å². The molecule has 0 fully saturated rings. The Kier molecular flexibility index (Phi) is 52.9. The maximum absolute atomic E-state index is 9.00. The molecule has 0 saturated heterocycles. The minimum absolute atomic E-state index is 0. The van der Waals surface area contributed by atoms with E-state index in [2.05, 4.69) is 6.92 Å². The van der Waals surface area contributed by atoms with Crippen molar-refractivity contribution in [3.8, 4) is 0 Å². The number of carboxylic acids is 1. The van der Waals surface area contributed by atoms with Crippen molar-refractivity contribution >= 4 is 5.97 Å². The van der Waals surface area contributed by atoms with E-state index >= 15 is 0 Å². The molecule has 0 saturated carbocycles. The SMILES string of the molecule is CC(=O)O.CCCCO.CCO.O. The molecule has 5 heteroatoms. The highest BCUT2D eigenvalue weighted by molar-refractivity contribution is 5.62. The standard InChI is InChI=1S/C4H10O.C2H4O2.C2H6O.H2O/c1-2-3-4-5;1-2(3)4;1-2-3;/h5H,2-4H2,1H3;1H3,(H,3,4);3H,2H2,1H3;1H2. The molecule has 13 heavy (non-hydrogen) atoms. The van der Waals surface area contributed by atoms with Gasteiger partial charge in [-0.3, -0.25) is 4.79 Å². The van der Waals surface area contributed by atoms with Gasteiger partial charge in [-0.15, -0.1) is 0 Å². The van der Waals surface area contributed by atoms with Gasteiger partial charge in [-0.25, -0.2) is 0 Å². The first-order chi connectivity index (χ1) is 5.56. The smallest absolute Gasteiger partial charge is 0.300 e. The Morgan fingerprint density at radius 2 is 1.46 bits per heavy atom. The van der Waals surface area contributed by atoms with Gasteiger partial charge in [0.1, 0.15) is 0 Å². The van der Waals surface area contributed by atoms with Crippen molar-refractivity contribution in [3.63, 3.8) is 0 Å². The first kappa shape index (κ1) is 22.8. The van der Waals surface area contributed by atoms with Crippen LogP contribution in [0.25, 0.3) is 0 Å². The van der Waals surface area contributed by atoms with Crippen LogP contribution < -0.4 is 0 Å². The fraction of sp³-hybridized carbons (Fsp3) is 0.875. The van der Waals surface area contributed by atoms with E-state index in [-0.39, 0.29) is 12.1 Å². The summed E-state index contributed by atoms with van der Waals surface area (Å²) in [6, 6.07) is 0. The van der Waals surface area contributed by atoms with Crippen LogP contribution in [0.4, 0.5) is 0 Å². The minimum atomic E-state index is -0.833. The minimum Gasteiger partial charge on any atom is -0.481 e. The molecule has 0 atom stereocenters. The average molecular weight is 198 g/mol. The summed E-state index contributed by atoms with van der Waals surface area (Å²) in [6.45, 7) is 5.41. The monoisotopic (exact) mass is 198 g/mol. The van der Waals surface area contributed by atoms with Crippen LogP contribution in [0.2, 0.25) is 0 Å². The molecule has 0 heterocycles. The summed E-state index contributed by atoms with van der Waals surface area (Å²) in [6.07, 6.45) is 2.04. The third kappa shape index (κ3) is 544. The zero-order chi connectivity index (χ0) is 10.4. The average Bonchev–Trinajstić information content (AvgIpc) is 1.89. The molecule has 5 N–H and O–H groups in total. The van der Waals surface area contributed by atoms with E-state index in [0.29, 0.717) is 6.61 Å². The lowest BCUT2D eigenvalue weighted by Gasteiger charge is -1.79. The molecule has 0 aliphatic rings. The summed E-state index contributed by atoms with van der Waals surface area (Å²) < 4.78 is 0. The van der Waals surface area contributed by atoms with Crippen LogP contribution in [-0.2, 0) is 4.79 Å². The second kappa shape index (κ2) is 30.2. The van der Waals surface area contributed by atoms with Gasteiger partial charge >= 0.3 is 0 Å². The van der Waals surface area contributed by atoms with Gasteiger partial charge in [-0.05, 0) is 13.3 Å². The summed E-state index contributed by atoms with van der Waals surface area (Å²) in [7, 11) is 0. The van der Waals surface area contributed by atoms with Crippen LogP contribution in [0.5, 0.6) is 0 Å². The molecule has 0 unspecified atom stereocenters. The molecule has 0 aromatic rings. The number of aliphatic carboxylic acids is 1. The van der Waals surface area contributed by atoms with Gasteiger partial charge in [0.05, 0.1) is 0 Å². The summed E-state index contributed by atoms with van der Waals surface area (Å²) >= 11 is 0. The number of rotatable bonds is 2. The lowest BCUT2D eigenvalue weighted by Crippen LogP contribution is -1.78. The summed E-state index contributed by atoms with van der Waals surface area (Å²) in [5.41, 5.74) is 0. The molecule has 0 aliphatic carbocycles. The maximum Gasteiger partial charge on any atom is 0.300 e. The number of carboxylic acid groups (broad SMARTS) is 1. The fourth-order valence-corrected chi connectivity index (χ4v) is 0.158. The zero-order valence-electron chi connectivity index (χ0n) is 8.58. The van der Waals surface area contributed by atoms with E-state index in [0.717, 1.165) is 19.8 Å². The van der Waals surface area contributed by atoms with E-state index < -0.39 is 5.97 Å². The number of hydrogen-bond donors (Lipinski definition) is 3. The predicted molar refractivity (Wildman–Crippen MR) is 51.7 cm³/mol. The van der Waals surface area contributed by atoms with Crippen LogP contribution in [0.15, 0.2) is 0 Å². The molecule has 0 aliphatic heterocycles. The van der Waals surface area contributed by atoms with Crippen LogP contribution in [0.3, 0.4) is 0 Å². The summed E-state index contributed by atoms with van der Waals surface area (Å²) in [4.78, 5) is 9.00. The Morgan fingerprint density at radius 1 is 1.23 bits per heavy atom. The van der Waals surface area contributed by atoms with Gasteiger partial charge in [0, 0.05) is 20.1 Å². The van der Waals surface area contributed by atoms with E-state index in [4.69, 9.17) is 20.1 Å². The van der Waals surface area contributed by atoms with Crippen LogP contribution in [0.1, 0.15) is 33.6 Å². The maximum atomic E-state index is 9.00. The second-order valence-electron chi connectivity index (χ2n) is 1.91. The highest BCUT2D eigenvalue weighted by Crippen LogP contribution is 1.78. The lowest BCUT2D eigenvalue weighted by atomic mass is 10.4. The van der Waals surface area contributed by atoms with Crippen LogP contribution >= 0.6 is 0 Å². The summed E-state index contributed by atoms with van der Waals surface area (Å²) in [5, 5.41) is 23.1. The normalized spacial score (nSPS) is 6.54. The number of unbranched alkanes of at least 4 members (excludes halogenated alkanes) is 1. The molecule has 0 aromatic heterocycles. The van der Waals surface area contributed by atoms with Crippen molar-refractivity contribution in [3.05, 3.63) is 0 Å². The third-order valence-electron chi connectivity index (χ3n) is 0.512. The van der Waals surface area contributed by atoms with Crippen LogP contribution in [0, 0.1) is 0 Å². The number of hydrogen-bond acceptors (Lipinski definition) is 3. The van der Waals surface area contributed by atoms with E-state index in [1.54, 1.807) is 6.92 Å². The van der Waals surface area contributed by atoms with Crippen molar-refractivity contribution in [2.45, 2.75) is 33.6 Å². The number of aliphatic hydroxyl groups excluding tert-OH is 2. The molecule has 0 rings (SSSR count). The van der Waals surface area contributed by atoms with E-state index in [1.165, 1.54) is 0 Å². The topological polar surface area (TPSA) is 109 Å². The molecule has 0 aromatic carbocycles. The van der Waals surface area contributed by atoms with Crippen molar-refractivity contribution < 1.29 is 25.6 Å². The van der Waals surface area contributed by atoms with Gasteiger partial charge < -0.3 is 20.8 Å². The molecule has 84 valence electrons. The quantitative estimate of drug-likeness (QED) is 0.582. The first-order valence-corrected chi connectivity index (χ1v) is 3.97. The largest absolute Gasteiger partial charge is 0.481 e. The Labute approximate surface area is 79.3 Å². The Balaban J connectivity index is -0.0000000465. The van der Waals surface area contributed by atoms with E-state index in [9.17, 15) is 0 Å². The van der Waals surface area contributed by atoms with Crippen molar-refractivity contribution in [2.24, 2.45) is 0 Å². The molecular formula is C8H22O5. The van der Waals surface area contributed by atoms with E-state index in [1.807, 2.05) is 0 Å². The highest BCUT2D eigenvalue weighted by atomic mass is 16.4. The van der Waals surface area contributed by atoms with Crippen molar-refractivity contribution in [2.75, 3.05) is 13.2 Å². The Hall–Kier alpha value is -0.650. The molecule has 0 amide bonds. The van der Waals surface area contributed by atoms with Gasteiger partial charge in [-0.1, -0.05) is 13.3 Å².